The van der Waals surface area contributed by atoms with E-state index in [-0.39, 0.29) is 5.56 Å². The van der Waals surface area contributed by atoms with E-state index in [0.29, 0.717) is 25.4 Å². The molecular formula is C14H17F3N2O. The van der Waals surface area contributed by atoms with Gasteiger partial charge in [-0.15, -0.1) is 0 Å². The molecule has 0 amide bonds. The first-order valence-electron chi connectivity index (χ1n) is 6.42. The van der Waals surface area contributed by atoms with Gasteiger partial charge in [-0.2, -0.15) is 18.4 Å². The van der Waals surface area contributed by atoms with Gasteiger partial charge in [-0.3, -0.25) is 0 Å². The second-order valence-electron chi connectivity index (χ2n) is 4.26. The van der Waals surface area contributed by atoms with Crippen LogP contribution in [0.1, 0.15) is 30.9 Å². The molecule has 0 atom stereocenters. The third-order valence-electron chi connectivity index (χ3n) is 2.66. The summed E-state index contributed by atoms with van der Waals surface area (Å²) in [6.45, 7) is 3.56. The molecule has 0 saturated carbocycles. The molecule has 3 nitrogen and oxygen atoms in total. The van der Waals surface area contributed by atoms with E-state index in [1.807, 2.05) is 0 Å². The monoisotopic (exact) mass is 286 g/mol. The van der Waals surface area contributed by atoms with Crippen molar-refractivity contribution in [2.75, 3.05) is 25.1 Å². The van der Waals surface area contributed by atoms with Crippen LogP contribution >= 0.6 is 0 Å². The highest BCUT2D eigenvalue weighted by Crippen LogP contribution is 2.33. The van der Waals surface area contributed by atoms with E-state index in [1.165, 1.54) is 12.1 Å². The van der Waals surface area contributed by atoms with Crippen molar-refractivity contribution >= 4 is 5.69 Å². The Morgan fingerprint density at radius 2 is 2.05 bits per heavy atom. The predicted molar refractivity (Wildman–Crippen MR) is 70.4 cm³/mol. The molecule has 0 heterocycles. The summed E-state index contributed by atoms with van der Waals surface area (Å²) in [6.07, 6.45) is -2.52. The van der Waals surface area contributed by atoms with Crippen LogP contribution in [0.15, 0.2) is 18.2 Å². The molecule has 0 spiro atoms. The lowest BCUT2D eigenvalue weighted by Crippen LogP contribution is -2.12. The Kier molecular flexibility index (Phi) is 6.32. The van der Waals surface area contributed by atoms with Crippen molar-refractivity contribution in [1.29, 1.82) is 5.26 Å². The first kappa shape index (κ1) is 16.3. The van der Waals surface area contributed by atoms with Gasteiger partial charge in [0.25, 0.3) is 0 Å². The van der Waals surface area contributed by atoms with E-state index >= 15 is 0 Å². The zero-order valence-electron chi connectivity index (χ0n) is 11.3. The maximum Gasteiger partial charge on any atom is 0.417 e. The number of rotatable bonds is 7. The van der Waals surface area contributed by atoms with Gasteiger partial charge in [-0.05, 0) is 24.6 Å². The molecule has 0 saturated heterocycles. The van der Waals surface area contributed by atoms with Crippen LogP contribution < -0.4 is 5.32 Å². The highest BCUT2D eigenvalue weighted by atomic mass is 19.4. The van der Waals surface area contributed by atoms with Crippen molar-refractivity contribution in [3.63, 3.8) is 0 Å². The molecule has 0 bridgehead atoms. The Bertz CT molecular complexity index is 466. The van der Waals surface area contributed by atoms with Crippen LogP contribution in [0.3, 0.4) is 0 Å². The largest absolute Gasteiger partial charge is 0.417 e. The van der Waals surface area contributed by atoms with Gasteiger partial charge in [-0.1, -0.05) is 13.3 Å². The van der Waals surface area contributed by atoms with Gasteiger partial charge in [0.2, 0.25) is 0 Å². The summed E-state index contributed by atoms with van der Waals surface area (Å²) < 4.78 is 43.5. The van der Waals surface area contributed by atoms with E-state index in [4.69, 9.17) is 10.00 Å². The number of hydrogen-bond donors (Lipinski definition) is 1. The minimum absolute atomic E-state index is 0.329. The normalized spacial score (nSPS) is 11.2. The van der Waals surface area contributed by atoms with E-state index < -0.39 is 11.7 Å². The first-order chi connectivity index (χ1) is 9.49. The van der Waals surface area contributed by atoms with Crippen molar-refractivity contribution in [2.45, 2.75) is 25.9 Å². The number of nitriles is 1. The number of unbranched alkanes of at least 4 members (excludes halogenated alkanes) is 1. The molecule has 0 aliphatic carbocycles. The summed E-state index contributed by atoms with van der Waals surface area (Å²) in [6, 6.07) is 5.12. The number of nitrogens with zero attached hydrogens (tertiary/aromatic N) is 1. The zero-order valence-corrected chi connectivity index (χ0v) is 11.3. The molecule has 0 aromatic heterocycles. The lowest BCUT2D eigenvalue weighted by atomic mass is 10.1. The molecule has 0 aliphatic heterocycles. The quantitative estimate of drug-likeness (QED) is 0.775. The smallest absolute Gasteiger partial charge is 0.383 e. The number of anilines is 1. The van der Waals surface area contributed by atoms with Crippen LogP contribution in [0, 0.1) is 11.3 Å². The number of benzene rings is 1. The van der Waals surface area contributed by atoms with Gasteiger partial charge in [0, 0.05) is 18.8 Å². The molecule has 0 fully saturated rings. The summed E-state index contributed by atoms with van der Waals surface area (Å²) in [5.41, 5.74) is -0.963. The van der Waals surface area contributed by atoms with Crippen LogP contribution in [0.2, 0.25) is 0 Å². The molecule has 6 heteroatoms. The Morgan fingerprint density at radius 3 is 2.65 bits per heavy atom. The summed E-state index contributed by atoms with van der Waals surface area (Å²) in [5, 5.41) is 11.5. The topological polar surface area (TPSA) is 45.0 Å². The molecule has 20 heavy (non-hydrogen) atoms. The fourth-order valence-corrected chi connectivity index (χ4v) is 1.60. The fourth-order valence-electron chi connectivity index (χ4n) is 1.60. The lowest BCUT2D eigenvalue weighted by molar-refractivity contribution is -0.137. The second kappa shape index (κ2) is 7.75. The maximum absolute atomic E-state index is 12.7. The van der Waals surface area contributed by atoms with Crippen LogP contribution in [-0.4, -0.2) is 19.8 Å². The van der Waals surface area contributed by atoms with Crippen LogP contribution in [0.5, 0.6) is 0 Å². The lowest BCUT2D eigenvalue weighted by Gasteiger charge is -2.12. The minimum atomic E-state index is -4.53. The summed E-state index contributed by atoms with van der Waals surface area (Å²) in [4.78, 5) is 0. The Labute approximate surface area is 116 Å². The molecule has 0 unspecified atom stereocenters. The number of hydrogen-bond acceptors (Lipinski definition) is 3. The minimum Gasteiger partial charge on any atom is -0.383 e. The Hall–Kier alpha value is -1.74. The summed E-state index contributed by atoms with van der Waals surface area (Å²) >= 11 is 0. The van der Waals surface area contributed by atoms with Crippen LogP contribution in [-0.2, 0) is 10.9 Å². The first-order valence-corrected chi connectivity index (χ1v) is 6.42. The van der Waals surface area contributed by atoms with Crippen molar-refractivity contribution in [1.82, 2.24) is 0 Å². The Balaban J connectivity index is 2.58. The number of ether oxygens (including phenoxy) is 1. The van der Waals surface area contributed by atoms with Crippen molar-refractivity contribution in [3.05, 3.63) is 29.3 Å². The Morgan fingerprint density at radius 1 is 1.30 bits per heavy atom. The zero-order chi connectivity index (χ0) is 15.0. The third kappa shape index (κ3) is 5.10. The molecule has 1 aromatic rings. The van der Waals surface area contributed by atoms with Crippen molar-refractivity contribution in [3.8, 4) is 6.07 Å². The maximum atomic E-state index is 12.7. The molecule has 0 radical (unpaired) electrons. The molecular weight excluding hydrogens is 269 g/mol. The highest BCUT2D eigenvalue weighted by Gasteiger charge is 2.33. The summed E-state index contributed by atoms with van der Waals surface area (Å²) in [7, 11) is 0. The fraction of sp³-hybridized carbons (Fsp3) is 0.500. The molecule has 1 aromatic carbocycles. The van der Waals surface area contributed by atoms with Gasteiger partial charge in [0.1, 0.15) is 0 Å². The molecule has 0 aliphatic rings. The number of alkyl halides is 3. The molecule has 1 N–H and O–H groups in total. The molecule has 1 rings (SSSR count). The van der Waals surface area contributed by atoms with Gasteiger partial charge in [-0.25, -0.2) is 0 Å². The van der Waals surface area contributed by atoms with Gasteiger partial charge >= 0.3 is 6.18 Å². The number of nitrogens with one attached hydrogen (secondary N) is 1. The van der Waals surface area contributed by atoms with Crippen LogP contribution in [0.4, 0.5) is 18.9 Å². The average molecular weight is 286 g/mol. The molecule has 110 valence electrons. The average Bonchev–Trinajstić information content (AvgIpc) is 2.41. The van der Waals surface area contributed by atoms with Gasteiger partial charge in [0.05, 0.1) is 23.8 Å². The van der Waals surface area contributed by atoms with E-state index in [2.05, 4.69) is 12.2 Å². The van der Waals surface area contributed by atoms with Gasteiger partial charge < -0.3 is 10.1 Å². The van der Waals surface area contributed by atoms with Crippen molar-refractivity contribution in [2.24, 2.45) is 0 Å². The standard InChI is InChI=1S/C14H17F3N2O/c1-2-3-7-20-8-6-19-12-5-4-11(10-18)13(9-12)14(15,16)17/h4-5,9,19H,2-3,6-8H2,1H3. The van der Waals surface area contributed by atoms with Gasteiger partial charge in [0.15, 0.2) is 0 Å². The third-order valence-corrected chi connectivity index (χ3v) is 2.66. The van der Waals surface area contributed by atoms with Crippen LogP contribution in [0.25, 0.3) is 0 Å². The van der Waals surface area contributed by atoms with E-state index in [0.717, 1.165) is 18.9 Å². The van der Waals surface area contributed by atoms with E-state index in [1.54, 1.807) is 6.07 Å². The van der Waals surface area contributed by atoms with E-state index in [9.17, 15) is 13.2 Å². The second-order valence-corrected chi connectivity index (χ2v) is 4.26. The SMILES string of the molecule is CCCCOCCNc1ccc(C#N)c(C(F)(F)F)c1. The number of halogens is 3. The highest BCUT2D eigenvalue weighted by molar-refractivity contribution is 5.53. The summed E-state index contributed by atoms with van der Waals surface area (Å²) in [5.74, 6) is 0. The predicted octanol–water partition coefficient (Wildman–Crippen LogP) is 3.81. The van der Waals surface area contributed by atoms with Crippen molar-refractivity contribution < 1.29 is 17.9 Å².